The molecule has 0 saturated carbocycles. The zero-order valence-electron chi connectivity index (χ0n) is 20.8. The SMILES string of the molecule is CCNC(=O)[C@@H](C)N(Cc1cccc(C)c1)C(=O)CN(c1cccc(Cl)c1Cl)S(=O)(=O)c1ccccc1. The van der Waals surface area contributed by atoms with Gasteiger partial charge in [0, 0.05) is 13.1 Å². The van der Waals surface area contributed by atoms with E-state index in [4.69, 9.17) is 23.2 Å². The number of likely N-dealkylation sites (N-methyl/N-ethyl adjacent to an activating group) is 1. The largest absolute Gasteiger partial charge is 0.355 e. The Balaban J connectivity index is 2.07. The lowest BCUT2D eigenvalue weighted by Crippen LogP contribution is -2.51. The summed E-state index contributed by atoms with van der Waals surface area (Å²) in [6.45, 7) is 5.24. The first-order valence-corrected chi connectivity index (χ1v) is 13.9. The predicted octanol–water partition coefficient (Wildman–Crippen LogP) is 5.05. The molecule has 196 valence electrons. The van der Waals surface area contributed by atoms with E-state index in [-0.39, 0.29) is 33.1 Å². The highest BCUT2D eigenvalue weighted by Gasteiger charge is 2.33. The van der Waals surface area contributed by atoms with Crippen LogP contribution in [0.1, 0.15) is 25.0 Å². The third-order valence-electron chi connectivity index (χ3n) is 5.76. The molecule has 1 atom stereocenters. The molecule has 0 fully saturated rings. The molecule has 0 aliphatic rings. The van der Waals surface area contributed by atoms with Crippen LogP contribution in [0.15, 0.2) is 77.7 Å². The van der Waals surface area contributed by atoms with Crippen LogP contribution in [0.5, 0.6) is 0 Å². The maximum atomic E-state index is 13.8. The average molecular weight is 563 g/mol. The summed E-state index contributed by atoms with van der Waals surface area (Å²) in [5.41, 5.74) is 1.87. The van der Waals surface area contributed by atoms with Crippen molar-refractivity contribution in [1.29, 1.82) is 0 Å². The fourth-order valence-corrected chi connectivity index (χ4v) is 5.72. The molecule has 0 spiro atoms. The number of carbonyl (C=O) groups excluding carboxylic acids is 2. The van der Waals surface area contributed by atoms with E-state index in [9.17, 15) is 18.0 Å². The number of halogens is 2. The number of amides is 2. The number of aryl methyl sites for hydroxylation is 1. The highest BCUT2D eigenvalue weighted by Crippen LogP contribution is 2.35. The normalized spacial score (nSPS) is 12.0. The van der Waals surface area contributed by atoms with Crippen molar-refractivity contribution < 1.29 is 18.0 Å². The Morgan fingerprint density at radius 3 is 2.30 bits per heavy atom. The lowest BCUT2D eigenvalue weighted by Gasteiger charge is -2.32. The highest BCUT2D eigenvalue weighted by molar-refractivity contribution is 7.92. The fraction of sp³-hybridized carbons (Fsp3) is 0.259. The number of benzene rings is 3. The van der Waals surface area contributed by atoms with Gasteiger partial charge in [0.05, 0.1) is 20.6 Å². The van der Waals surface area contributed by atoms with E-state index in [0.717, 1.165) is 15.4 Å². The molecule has 0 heterocycles. The van der Waals surface area contributed by atoms with Crippen molar-refractivity contribution in [2.75, 3.05) is 17.4 Å². The topological polar surface area (TPSA) is 86.8 Å². The molecule has 7 nitrogen and oxygen atoms in total. The second-order valence-corrected chi connectivity index (χ2v) is 11.1. The Morgan fingerprint density at radius 1 is 0.973 bits per heavy atom. The molecule has 0 unspecified atom stereocenters. The van der Waals surface area contributed by atoms with Crippen molar-refractivity contribution in [1.82, 2.24) is 10.2 Å². The minimum atomic E-state index is -4.22. The molecule has 2 amide bonds. The summed E-state index contributed by atoms with van der Waals surface area (Å²) in [6.07, 6.45) is 0. The molecule has 0 bridgehead atoms. The van der Waals surface area contributed by atoms with Crippen LogP contribution < -0.4 is 9.62 Å². The third kappa shape index (κ3) is 6.83. The van der Waals surface area contributed by atoms with E-state index in [1.54, 1.807) is 38.1 Å². The molecule has 3 aromatic rings. The first kappa shape index (κ1) is 28.5. The van der Waals surface area contributed by atoms with E-state index in [1.165, 1.54) is 29.2 Å². The minimum absolute atomic E-state index is 0.00141. The van der Waals surface area contributed by atoms with Crippen molar-refractivity contribution >= 4 is 50.7 Å². The lowest BCUT2D eigenvalue weighted by atomic mass is 10.1. The van der Waals surface area contributed by atoms with Gasteiger partial charge in [-0.3, -0.25) is 13.9 Å². The van der Waals surface area contributed by atoms with Gasteiger partial charge in [0.1, 0.15) is 12.6 Å². The summed E-state index contributed by atoms with van der Waals surface area (Å²) >= 11 is 12.6. The van der Waals surface area contributed by atoms with Gasteiger partial charge < -0.3 is 10.2 Å². The second kappa shape index (κ2) is 12.4. The van der Waals surface area contributed by atoms with Gasteiger partial charge in [-0.2, -0.15) is 0 Å². The van der Waals surface area contributed by atoms with Gasteiger partial charge in [-0.1, -0.05) is 77.3 Å². The van der Waals surface area contributed by atoms with Crippen molar-refractivity contribution in [2.45, 2.75) is 38.3 Å². The number of nitrogens with one attached hydrogen (secondary N) is 1. The minimum Gasteiger partial charge on any atom is -0.355 e. The maximum absolute atomic E-state index is 13.8. The van der Waals surface area contributed by atoms with E-state index < -0.39 is 28.5 Å². The van der Waals surface area contributed by atoms with Gasteiger partial charge in [0.15, 0.2) is 0 Å². The van der Waals surface area contributed by atoms with Crippen LogP contribution in [-0.4, -0.2) is 44.3 Å². The van der Waals surface area contributed by atoms with Crippen molar-refractivity contribution in [2.24, 2.45) is 0 Å². The lowest BCUT2D eigenvalue weighted by molar-refractivity contribution is -0.139. The molecule has 0 aliphatic heterocycles. The molecule has 1 N–H and O–H groups in total. The first-order chi connectivity index (χ1) is 17.6. The number of carbonyl (C=O) groups is 2. The zero-order chi connectivity index (χ0) is 27.2. The molecule has 10 heteroatoms. The Hall–Kier alpha value is -3.07. The van der Waals surface area contributed by atoms with Crippen molar-refractivity contribution in [3.05, 3.63) is 94.0 Å². The summed E-state index contributed by atoms with van der Waals surface area (Å²) in [5.74, 6) is -0.919. The van der Waals surface area contributed by atoms with Crippen LogP contribution in [0.3, 0.4) is 0 Å². The molecular formula is C27H29Cl2N3O4S. The first-order valence-electron chi connectivity index (χ1n) is 11.7. The molecule has 37 heavy (non-hydrogen) atoms. The van der Waals surface area contributed by atoms with E-state index in [2.05, 4.69) is 5.32 Å². The number of anilines is 1. The van der Waals surface area contributed by atoms with Gasteiger partial charge >= 0.3 is 0 Å². The molecule has 0 saturated heterocycles. The summed E-state index contributed by atoms with van der Waals surface area (Å²) in [5, 5.41) is 2.88. The number of hydrogen-bond acceptors (Lipinski definition) is 4. The number of rotatable bonds is 10. The molecule has 0 aliphatic carbocycles. The maximum Gasteiger partial charge on any atom is 0.264 e. The predicted molar refractivity (Wildman–Crippen MR) is 147 cm³/mol. The van der Waals surface area contributed by atoms with Crippen LogP contribution >= 0.6 is 23.2 Å². The van der Waals surface area contributed by atoms with Crippen LogP contribution in [0.2, 0.25) is 10.0 Å². The zero-order valence-corrected chi connectivity index (χ0v) is 23.1. The number of sulfonamides is 1. The van der Waals surface area contributed by atoms with Gasteiger partial charge in [0.2, 0.25) is 11.8 Å². The summed E-state index contributed by atoms with van der Waals surface area (Å²) in [7, 11) is -4.22. The summed E-state index contributed by atoms with van der Waals surface area (Å²) < 4.78 is 28.4. The fourth-order valence-electron chi connectivity index (χ4n) is 3.83. The Morgan fingerprint density at radius 2 is 1.65 bits per heavy atom. The van der Waals surface area contributed by atoms with Crippen LogP contribution in [0, 0.1) is 6.92 Å². The third-order valence-corrected chi connectivity index (χ3v) is 8.35. The standard InChI is InChI=1S/C27H29Cl2N3O4S/c1-4-30-27(34)20(3)31(17-21-11-8-10-19(2)16-21)25(33)18-32(24-15-9-14-23(28)26(24)29)37(35,36)22-12-6-5-7-13-22/h5-16,20H,4,17-18H2,1-3H3,(H,30,34)/t20-/m1/s1. The monoisotopic (exact) mass is 561 g/mol. The van der Waals surface area contributed by atoms with Gasteiger partial charge in [0.25, 0.3) is 10.0 Å². The molecular weight excluding hydrogens is 533 g/mol. The van der Waals surface area contributed by atoms with E-state index in [0.29, 0.717) is 6.54 Å². The molecule has 0 radical (unpaired) electrons. The van der Waals surface area contributed by atoms with Crippen molar-refractivity contribution in [3.63, 3.8) is 0 Å². The van der Waals surface area contributed by atoms with Gasteiger partial charge in [-0.05, 0) is 50.6 Å². The van der Waals surface area contributed by atoms with Crippen LogP contribution in [-0.2, 0) is 26.2 Å². The molecule has 0 aromatic heterocycles. The van der Waals surface area contributed by atoms with E-state index in [1.807, 2.05) is 31.2 Å². The summed E-state index contributed by atoms with van der Waals surface area (Å²) in [6, 6.07) is 19.0. The quantitative estimate of drug-likeness (QED) is 0.375. The number of hydrogen-bond donors (Lipinski definition) is 1. The van der Waals surface area contributed by atoms with Crippen molar-refractivity contribution in [3.8, 4) is 0 Å². The van der Waals surface area contributed by atoms with Crippen LogP contribution in [0.25, 0.3) is 0 Å². The second-order valence-electron chi connectivity index (χ2n) is 8.48. The Bertz CT molecular complexity index is 1370. The summed E-state index contributed by atoms with van der Waals surface area (Å²) in [4.78, 5) is 27.9. The molecule has 3 aromatic carbocycles. The number of nitrogens with zero attached hydrogens (tertiary/aromatic N) is 2. The smallest absolute Gasteiger partial charge is 0.264 e. The molecule has 3 rings (SSSR count). The average Bonchev–Trinajstić information content (AvgIpc) is 2.88. The Kier molecular flexibility index (Phi) is 9.59. The Labute approximate surface area is 228 Å². The highest BCUT2D eigenvalue weighted by atomic mass is 35.5. The van der Waals surface area contributed by atoms with E-state index >= 15 is 0 Å². The van der Waals surface area contributed by atoms with Gasteiger partial charge in [-0.25, -0.2) is 8.42 Å². The van der Waals surface area contributed by atoms with Crippen LogP contribution in [0.4, 0.5) is 5.69 Å². The van der Waals surface area contributed by atoms with Gasteiger partial charge in [-0.15, -0.1) is 0 Å².